The second-order valence-electron chi connectivity index (χ2n) is 9.20. The number of hydrogen-bond donors (Lipinski definition) is 1. The van der Waals surface area contributed by atoms with E-state index in [1.165, 1.54) is 11.0 Å². The summed E-state index contributed by atoms with van der Waals surface area (Å²) in [6.45, 7) is 11.5. The summed E-state index contributed by atoms with van der Waals surface area (Å²) in [5, 5.41) is 11.6. The van der Waals surface area contributed by atoms with Crippen LogP contribution in [0.5, 0.6) is 5.75 Å². The molecule has 1 aromatic heterocycles. The molecule has 1 aliphatic heterocycles. The predicted molar refractivity (Wildman–Crippen MR) is 150 cm³/mol. The molecule has 1 fully saturated rings. The number of aliphatic hydroxyl groups is 1. The number of anilines is 1. The van der Waals surface area contributed by atoms with Gasteiger partial charge in [-0.25, -0.2) is 9.78 Å². The Labute approximate surface area is 231 Å². The summed E-state index contributed by atoms with van der Waals surface area (Å²) in [6.07, 6.45) is 2.31. The summed E-state index contributed by atoms with van der Waals surface area (Å²) >= 11 is 0.957. The lowest BCUT2D eigenvalue weighted by molar-refractivity contribution is -0.132. The minimum absolute atomic E-state index is 0.0288. The lowest BCUT2D eigenvalue weighted by Gasteiger charge is -2.23. The molecule has 39 heavy (non-hydrogen) atoms. The molecule has 0 spiro atoms. The Bertz CT molecular complexity index is 1470. The molecule has 0 bridgehead atoms. The number of thiazole rings is 1. The van der Waals surface area contributed by atoms with Gasteiger partial charge in [-0.05, 0) is 56.5 Å². The topological polar surface area (TPSA) is 106 Å². The minimum atomic E-state index is -0.955. The average Bonchev–Trinajstić information content (AvgIpc) is 3.42. The van der Waals surface area contributed by atoms with Gasteiger partial charge in [0, 0.05) is 5.56 Å². The monoisotopic (exact) mass is 546 g/mol. The summed E-state index contributed by atoms with van der Waals surface area (Å²) in [5.41, 5.74) is 3.02. The molecule has 2 heterocycles. The second-order valence-corrected chi connectivity index (χ2v) is 10.2. The SMILES string of the molecule is C=CCOC(=O)c1sc(N2C(=O)C(=O)C(=C(O)c3ccc(OCCC)cc3C)[C@@H]2c2ccc(C)cc2)nc1C. The molecule has 1 aliphatic rings. The van der Waals surface area contributed by atoms with E-state index in [1.54, 1.807) is 44.2 Å². The standard InChI is InChI=1S/C30H30N2O6S/c1-6-14-37-21-12-13-22(18(4)16-21)25(33)23-24(20-10-8-17(3)9-11-20)32(28(35)26(23)34)30-31-19(5)27(39-30)29(36)38-15-7-2/h7-13,16,24,33H,2,6,14-15H2,1,3-5H3/t24-/m0/s1. The summed E-state index contributed by atoms with van der Waals surface area (Å²) < 4.78 is 10.8. The zero-order valence-electron chi connectivity index (χ0n) is 22.3. The summed E-state index contributed by atoms with van der Waals surface area (Å²) in [6, 6.07) is 11.6. The number of amides is 1. The molecule has 3 aromatic rings. The van der Waals surface area contributed by atoms with Crippen molar-refractivity contribution in [1.29, 1.82) is 0 Å². The van der Waals surface area contributed by atoms with Crippen LogP contribution >= 0.6 is 11.3 Å². The fourth-order valence-corrected chi connectivity index (χ4v) is 5.31. The fourth-order valence-electron chi connectivity index (χ4n) is 4.33. The van der Waals surface area contributed by atoms with Crippen molar-refractivity contribution in [2.24, 2.45) is 0 Å². The van der Waals surface area contributed by atoms with Gasteiger partial charge in [0.25, 0.3) is 5.78 Å². The third-order valence-corrected chi connectivity index (χ3v) is 7.41. The minimum Gasteiger partial charge on any atom is -0.507 e. The summed E-state index contributed by atoms with van der Waals surface area (Å²) in [4.78, 5) is 45.4. The highest BCUT2D eigenvalue weighted by Gasteiger charge is 2.48. The van der Waals surface area contributed by atoms with Gasteiger partial charge in [-0.1, -0.05) is 60.7 Å². The normalized spacial score (nSPS) is 16.4. The van der Waals surface area contributed by atoms with Crippen molar-refractivity contribution >= 4 is 39.9 Å². The Kier molecular flexibility index (Phi) is 8.30. The van der Waals surface area contributed by atoms with Crippen molar-refractivity contribution < 1.29 is 29.0 Å². The lowest BCUT2D eigenvalue weighted by atomic mass is 9.93. The number of carbonyl (C=O) groups excluding carboxylic acids is 3. The number of nitrogens with zero attached hydrogens (tertiary/aromatic N) is 2. The average molecular weight is 547 g/mol. The van der Waals surface area contributed by atoms with E-state index in [1.807, 2.05) is 26.0 Å². The molecule has 8 nitrogen and oxygen atoms in total. The van der Waals surface area contributed by atoms with Crippen LogP contribution in [0.2, 0.25) is 0 Å². The maximum Gasteiger partial charge on any atom is 0.350 e. The highest BCUT2D eigenvalue weighted by Crippen LogP contribution is 2.44. The van der Waals surface area contributed by atoms with Crippen molar-refractivity contribution in [3.05, 3.63) is 93.5 Å². The van der Waals surface area contributed by atoms with E-state index in [4.69, 9.17) is 9.47 Å². The van der Waals surface area contributed by atoms with Gasteiger partial charge in [-0.2, -0.15) is 0 Å². The second kappa shape index (κ2) is 11.7. The highest BCUT2D eigenvalue weighted by atomic mass is 32.1. The van der Waals surface area contributed by atoms with Gasteiger partial charge in [0.15, 0.2) is 5.13 Å². The molecular weight excluding hydrogens is 516 g/mol. The maximum atomic E-state index is 13.5. The first kappa shape index (κ1) is 27.8. The third-order valence-electron chi connectivity index (χ3n) is 6.27. The van der Waals surface area contributed by atoms with E-state index in [0.29, 0.717) is 34.7 Å². The number of rotatable bonds is 9. The van der Waals surface area contributed by atoms with E-state index in [9.17, 15) is 19.5 Å². The molecule has 1 N–H and O–H groups in total. The molecule has 202 valence electrons. The number of Topliss-reactive ketones (excluding diaryl/α,β-unsaturated/α-hetero) is 1. The molecule has 0 unspecified atom stereocenters. The molecule has 1 atom stereocenters. The zero-order chi connectivity index (χ0) is 28.3. The van der Waals surface area contributed by atoms with E-state index >= 15 is 0 Å². The lowest BCUT2D eigenvalue weighted by Crippen LogP contribution is -2.29. The van der Waals surface area contributed by atoms with Crippen LogP contribution in [-0.4, -0.2) is 41.0 Å². The van der Waals surface area contributed by atoms with Gasteiger partial charge in [0.05, 0.1) is 23.9 Å². The van der Waals surface area contributed by atoms with Gasteiger partial charge < -0.3 is 14.6 Å². The Morgan fingerprint density at radius 2 is 1.87 bits per heavy atom. The zero-order valence-corrected chi connectivity index (χ0v) is 23.1. The highest BCUT2D eigenvalue weighted by molar-refractivity contribution is 7.17. The molecule has 0 radical (unpaired) electrons. The van der Waals surface area contributed by atoms with Crippen LogP contribution in [0.25, 0.3) is 5.76 Å². The number of aliphatic hydroxyl groups excluding tert-OH is 1. The molecule has 4 rings (SSSR count). The number of carbonyl (C=O) groups is 3. The number of aromatic nitrogens is 1. The first-order chi connectivity index (χ1) is 18.7. The molecule has 0 saturated carbocycles. The van der Waals surface area contributed by atoms with Crippen LogP contribution in [0.4, 0.5) is 5.13 Å². The van der Waals surface area contributed by atoms with Crippen LogP contribution in [0.3, 0.4) is 0 Å². The Balaban J connectivity index is 1.85. The number of ether oxygens (including phenoxy) is 2. The number of hydrogen-bond acceptors (Lipinski definition) is 8. The Hall–Kier alpha value is -4.24. The van der Waals surface area contributed by atoms with Crippen LogP contribution in [-0.2, 0) is 14.3 Å². The Morgan fingerprint density at radius 1 is 1.15 bits per heavy atom. The van der Waals surface area contributed by atoms with Crippen molar-refractivity contribution in [3.63, 3.8) is 0 Å². The van der Waals surface area contributed by atoms with Crippen molar-refractivity contribution in [3.8, 4) is 5.75 Å². The first-order valence-electron chi connectivity index (χ1n) is 12.5. The Morgan fingerprint density at radius 3 is 2.51 bits per heavy atom. The molecule has 1 saturated heterocycles. The van der Waals surface area contributed by atoms with Gasteiger partial charge in [0.1, 0.15) is 23.0 Å². The summed E-state index contributed by atoms with van der Waals surface area (Å²) in [5.74, 6) is -1.93. The van der Waals surface area contributed by atoms with Crippen LogP contribution in [0, 0.1) is 20.8 Å². The van der Waals surface area contributed by atoms with Gasteiger partial charge >= 0.3 is 11.9 Å². The predicted octanol–water partition coefficient (Wildman–Crippen LogP) is 5.83. The number of esters is 1. The fraction of sp³-hybridized carbons (Fsp3) is 0.267. The van der Waals surface area contributed by atoms with E-state index < -0.39 is 23.7 Å². The van der Waals surface area contributed by atoms with E-state index in [-0.39, 0.29) is 27.9 Å². The molecule has 9 heteroatoms. The summed E-state index contributed by atoms with van der Waals surface area (Å²) in [7, 11) is 0. The molecule has 2 aromatic carbocycles. The first-order valence-corrected chi connectivity index (χ1v) is 13.4. The largest absolute Gasteiger partial charge is 0.507 e. The van der Waals surface area contributed by atoms with Gasteiger partial charge in [-0.15, -0.1) is 0 Å². The molecule has 0 aliphatic carbocycles. The maximum absolute atomic E-state index is 13.5. The van der Waals surface area contributed by atoms with Crippen LogP contribution in [0.15, 0.2) is 60.7 Å². The quantitative estimate of drug-likeness (QED) is 0.118. The number of ketones is 1. The van der Waals surface area contributed by atoms with Gasteiger partial charge in [0.2, 0.25) is 0 Å². The molecular formula is C30H30N2O6S. The van der Waals surface area contributed by atoms with Crippen molar-refractivity contribution in [1.82, 2.24) is 4.98 Å². The van der Waals surface area contributed by atoms with Crippen LogP contribution in [0.1, 0.15) is 57.0 Å². The van der Waals surface area contributed by atoms with E-state index in [2.05, 4.69) is 11.6 Å². The van der Waals surface area contributed by atoms with Crippen molar-refractivity contribution in [2.75, 3.05) is 18.1 Å². The smallest absolute Gasteiger partial charge is 0.350 e. The van der Waals surface area contributed by atoms with Gasteiger partial charge in [-0.3, -0.25) is 14.5 Å². The third kappa shape index (κ3) is 5.49. The van der Waals surface area contributed by atoms with Crippen LogP contribution < -0.4 is 9.64 Å². The number of aryl methyl sites for hydroxylation is 3. The van der Waals surface area contributed by atoms with Crippen molar-refractivity contribution in [2.45, 2.75) is 40.2 Å². The molecule has 1 amide bonds. The number of benzene rings is 2. The van der Waals surface area contributed by atoms with E-state index in [0.717, 1.165) is 23.3 Å².